The fourth-order valence-corrected chi connectivity index (χ4v) is 3.94. The largest absolute Gasteiger partial charge is 0.350 e. The van der Waals surface area contributed by atoms with Gasteiger partial charge in [0.2, 0.25) is 5.43 Å². The van der Waals surface area contributed by atoms with Crippen molar-refractivity contribution in [3.05, 3.63) is 62.7 Å². The molecule has 0 unspecified atom stereocenters. The highest BCUT2D eigenvalue weighted by atomic mass is 16.2. The fourth-order valence-electron chi connectivity index (χ4n) is 3.94. The molecule has 3 aromatic rings. The van der Waals surface area contributed by atoms with E-state index in [2.05, 4.69) is 10.2 Å². The molecule has 1 aliphatic carbocycles. The zero-order valence-electron chi connectivity index (χ0n) is 16.0. The Hall–Kier alpha value is -2.89. The van der Waals surface area contributed by atoms with Crippen molar-refractivity contribution in [3.8, 4) is 0 Å². The van der Waals surface area contributed by atoms with E-state index in [1.165, 1.54) is 17.7 Å². The van der Waals surface area contributed by atoms with E-state index < -0.39 is 0 Å². The number of pyridine rings is 1. The van der Waals surface area contributed by atoms with Crippen LogP contribution in [0.15, 0.2) is 29.2 Å². The first-order chi connectivity index (χ1) is 13.0. The molecule has 27 heavy (non-hydrogen) atoms. The van der Waals surface area contributed by atoms with Crippen LogP contribution in [0.4, 0.5) is 0 Å². The SMILES string of the molecule is Cc1ccc2c(c1)c(=O)c(C(=O)N(C)Cc1n[nH]c3c1CCCC3)cn2C. The Bertz CT molecular complexity index is 1090. The summed E-state index contributed by atoms with van der Waals surface area (Å²) < 4.78 is 1.84. The van der Waals surface area contributed by atoms with Crippen LogP contribution < -0.4 is 5.43 Å². The summed E-state index contributed by atoms with van der Waals surface area (Å²) in [5, 5.41) is 8.10. The van der Waals surface area contributed by atoms with Gasteiger partial charge in [0.05, 0.1) is 17.8 Å². The third kappa shape index (κ3) is 3.05. The van der Waals surface area contributed by atoms with Gasteiger partial charge >= 0.3 is 0 Å². The van der Waals surface area contributed by atoms with Crippen molar-refractivity contribution >= 4 is 16.8 Å². The van der Waals surface area contributed by atoms with Gasteiger partial charge in [-0.15, -0.1) is 0 Å². The zero-order chi connectivity index (χ0) is 19.1. The number of H-pyrrole nitrogens is 1. The summed E-state index contributed by atoms with van der Waals surface area (Å²) in [6.45, 7) is 2.35. The second kappa shape index (κ2) is 6.68. The number of aromatic amines is 1. The maximum Gasteiger partial charge on any atom is 0.259 e. The minimum absolute atomic E-state index is 0.197. The number of fused-ring (bicyclic) bond motifs is 2. The molecule has 1 amide bonds. The van der Waals surface area contributed by atoms with Crippen LogP contribution in [-0.4, -0.2) is 32.6 Å². The van der Waals surface area contributed by atoms with Gasteiger partial charge in [-0.2, -0.15) is 5.10 Å². The molecule has 6 heteroatoms. The van der Waals surface area contributed by atoms with Crippen LogP contribution >= 0.6 is 0 Å². The first kappa shape index (κ1) is 17.5. The molecule has 0 saturated carbocycles. The first-order valence-corrected chi connectivity index (χ1v) is 9.36. The van der Waals surface area contributed by atoms with E-state index in [9.17, 15) is 9.59 Å². The predicted octanol–water partition coefficient (Wildman–Crippen LogP) is 2.72. The number of nitrogens with zero attached hydrogens (tertiary/aromatic N) is 3. The van der Waals surface area contributed by atoms with Gasteiger partial charge in [0.1, 0.15) is 5.56 Å². The van der Waals surface area contributed by atoms with Crippen molar-refractivity contribution in [1.29, 1.82) is 0 Å². The van der Waals surface area contributed by atoms with E-state index in [4.69, 9.17) is 0 Å². The van der Waals surface area contributed by atoms with E-state index in [-0.39, 0.29) is 16.9 Å². The molecule has 1 aromatic carbocycles. The summed E-state index contributed by atoms with van der Waals surface area (Å²) in [7, 11) is 3.59. The second-order valence-electron chi connectivity index (χ2n) is 7.50. The van der Waals surface area contributed by atoms with Crippen LogP contribution in [0.5, 0.6) is 0 Å². The van der Waals surface area contributed by atoms with E-state index >= 15 is 0 Å². The molecule has 2 aromatic heterocycles. The normalized spacial score (nSPS) is 13.6. The number of carbonyl (C=O) groups excluding carboxylic acids is 1. The van der Waals surface area contributed by atoms with Crippen molar-refractivity contribution in [1.82, 2.24) is 19.7 Å². The number of carbonyl (C=O) groups is 1. The standard InChI is InChI=1S/C21H24N4O2/c1-13-8-9-19-15(10-13)20(26)16(11-24(19)2)21(27)25(3)12-18-14-6-4-5-7-17(14)22-23-18/h8-11H,4-7,12H2,1-3H3,(H,22,23). The van der Waals surface area contributed by atoms with Gasteiger partial charge in [-0.05, 0) is 50.3 Å². The average molecular weight is 364 g/mol. The molecular formula is C21H24N4O2. The Morgan fingerprint density at radius 2 is 2.07 bits per heavy atom. The highest BCUT2D eigenvalue weighted by molar-refractivity contribution is 5.97. The molecule has 1 N–H and O–H groups in total. The number of hydrogen-bond acceptors (Lipinski definition) is 3. The molecule has 4 rings (SSSR count). The molecule has 0 radical (unpaired) electrons. The Kier molecular flexibility index (Phi) is 4.34. The monoisotopic (exact) mass is 364 g/mol. The first-order valence-electron chi connectivity index (χ1n) is 9.36. The van der Waals surface area contributed by atoms with Crippen molar-refractivity contribution in [2.24, 2.45) is 7.05 Å². The minimum Gasteiger partial charge on any atom is -0.350 e. The smallest absolute Gasteiger partial charge is 0.259 e. The predicted molar refractivity (Wildman–Crippen MR) is 105 cm³/mol. The van der Waals surface area contributed by atoms with E-state index in [1.807, 2.05) is 36.7 Å². The molecule has 0 saturated heterocycles. The molecule has 6 nitrogen and oxygen atoms in total. The molecule has 1 aliphatic rings. The van der Waals surface area contributed by atoms with Gasteiger partial charge in [-0.3, -0.25) is 14.7 Å². The highest BCUT2D eigenvalue weighted by Crippen LogP contribution is 2.23. The molecule has 0 spiro atoms. The number of benzene rings is 1. The molecular weight excluding hydrogens is 340 g/mol. The molecule has 140 valence electrons. The summed E-state index contributed by atoms with van der Waals surface area (Å²) in [4.78, 5) is 27.5. The summed E-state index contributed by atoms with van der Waals surface area (Å²) in [5.74, 6) is -0.272. The molecule has 0 fully saturated rings. The Balaban J connectivity index is 1.67. The van der Waals surface area contributed by atoms with Crippen LogP contribution in [-0.2, 0) is 26.4 Å². The van der Waals surface area contributed by atoms with Gasteiger partial charge in [-0.25, -0.2) is 0 Å². The van der Waals surface area contributed by atoms with Crippen molar-refractivity contribution in [2.45, 2.75) is 39.2 Å². The summed E-state index contributed by atoms with van der Waals surface area (Å²) in [6.07, 6.45) is 5.99. The maximum atomic E-state index is 13.0. The van der Waals surface area contributed by atoms with Crippen LogP contribution in [0.25, 0.3) is 10.9 Å². The zero-order valence-corrected chi connectivity index (χ0v) is 16.0. The van der Waals surface area contributed by atoms with Gasteiger partial charge < -0.3 is 9.47 Å². The molecule has 0 aliphatic heterocycles. The highest BCUT2D eigenvalue weighted by Gasteiger charge is 2.22. The second-order valence-corrected chi connectivity index (χ2v) is 7.50. The van der Waals surface area contributed by atoms with Gasteiger partial charge in [0.25, 0.3) is 5.91 Å². The number of aromatic nitrogens is 3. The van der Waals surface area contributed by atoms with Crippen LogP contribution in [0.1, 0.15) is 45.7 Å². The van der Waals surface area contributed by atoms with Crippen LogP contribution in [0.3, 0.4) is 0 Å². The Morgan fingerprint density at radius 1 is 1.30 bits per heavy atom. The topological polar surface area (TPSA) is 71.0 Å². The molecule has 0 atom stereocenters. The minimum atomic E-state index is -0.272. The summed E-state index contributed by atoms with van der Waals surface area (Å²) in [5.41, 5.74) is 5.15. The molecule has 0 bridgehead atoms. The maximum absolute atomic E-state index is 13.0. The average Bonchev–Trinajstić information content (AvgIpc) is 3.07. The van der Waals surface area contributed by atoms with Crippen molar-refractivity contribution < 1.29 is 4.79 Å². The van der Waals surface area contributed by atoms with Crippen molar-refractivity contribution in [3.63, 3.8) is 0 Å². The number of aryl methyl sites for hydroxylation is 3. The lowest BCUT2D eigenvalue weighted by Gasteiger charge is -2.19. The van der Waals surface area contributed by atoms with Crippen molar-refractivity contribution in [2.75, 3.05) is 7.05 Å². The van der Waals surface area contributed by atoms with Crippen LogP contribution in [0, 0.1) is 6.92 Å². The number of hydrogen-bond donors (Lipinski definition) is 1. The third-order valence-corrected chi connectivity index (χ3v) is 5.45. The quantitative estimate of drug-likeness (QED) is 0.777. The third-order valence-electron chi connectivity index (χ3n) is 5.45. The number of amides is 1. The van der Waals surface area contributed by atoms with Gasteiger partial charge in [0.15, 0.2) is 0 Å². The Labute approximate surface area is 157 Å². The molecule has 2 heterocycles. The van der Waals surface area contributed by atoms with E-state index in [0.29, 0.717) is 11.9 Å². The number of nitrogens with one attached hydrogen (secondary N) is 1. The van der Waals surface area contributed by atoms with E-state index in [1.54, 1.807) is 18.1 Å². The number of rotatable bonds is 3. The van der Waals surface area contributed by atoms with Crippen LogP contribution in [0.2, 0.25) is 0 Å². The Morgan fingerprint density at radius 3 is 2.89 bits per heavy atom. The lowest BCUT2D eigenvalue weighted by Crippen LogP contribution is -2.31. The fraction of sp³-hybridized carbons (Fsp3) is 0.381. The lowest BCUT2D eigenvalue weighted by atomic mass is 9.96. The summed E-state index contributed by atoms with van der Waals surface area (Å²) in [6, 6.07) is 5.73. The van der Waals surface area contributed by atoms with E-state index in [0.717, 1.165) is 36.0 Å². The van der Waals surface area contributed by atoms with Gasteiger partial charge in [-0.1, -0.05) is 11.6 Å². The summed E-state index contributed by atoms with van der Waals surface area (Å²) >= 11 is 0. The lowest BCUT2D eigenvalue weighted by molar-refractivity contribution is 0.0781. The van der Waals surface area contributed by atoms with Gasteiger partial charge in [0, 0.05) is 31.4 Å².